The second kappa shape index (κ2) is 7.08. The van der Waals surface area contributed by atoms with Crippen LogP contribution in [0.15, 0.2) is 41.5 Å². The molecule has 1 aromatic carbocycles. The van der Waals surface area contributed by atoms with Gasteiger partial charge in [-0.05, 0) is 37.6 Å². The molecule has 0 bridgehead atoms. The molecule has 0 amide bonds. The van der Waals surface area contributed by atoms with Gasteiger partial charge in [0.25, 0.3) is 0 Å². The van der Waals surface area contributed by atoms with Crippen LogP contribution < -0.4 is 5.43 Å². The number of hydrogen-bond acceptors (Lipinski definition) is 4. The molecular weight excluding hydrogens is 347 g/mol. The number of imidazole rings is 1. The molecular formula is C20H21FN4O2. The number of carbonyl (C=O) groups excluding carboxylic acids is 1. The highest BCUT2D eigenvalue weighted by Gasteiger charge is 2.28. The number of Topliss-reactive ketones (excluding diaryl/α,β-unsaturated/α-hetero) is 1. The van der Waals surface area contributed by atoms with E-state index in [0.717, 1.165) is 25.1 Å². The van der Waals surface area contributed by atoms with Gasteiger partial charge < -0.3 is 9.55 Å². The second-order valence-electron chi connectivity index (χ2n) is 7.15. The van der Waals surface area contributed by atoms with Gasteiger partial charge in [0.2, 0.25) is 5.78 Å². The van der Waals surface area contributed by atoms with Crippen LogP contribution in [0.1, 0.15) is 29.2 Å². The Balaban J connectivity index is 1.52. The predicted molar refractivity (Wildman–Crippen MR) is 100 cm³/mol. The number of ketones is 1. The Labute approximate surface area is 155 Å². The number of pyridine rings is 1. The Kier molecular flexibility index (Phi) is 4.61. The number of likely N-dealkylation sites (tertiary alicyclic amines) is 1. The van der Waals surface area contributed by atoms with Gasteiger partial charge in [-0.25, -0.2) is 9.37 Å². The number of aromatic amines is 1. The van der Waals surface area contributed by atoms with Crippen molar-refractivity contribution in [3.63, 3.8) is 0 Å². The Morgan fingerprint density at radius 1 is 1.37 bits per heavy atom. The lowest BCUT2D eigenvalue weighted by Crippen LogP contribution is -2.39. The number of fused-ring (bicyclic) bond motifs is 1. The van der Waals surface area contributed by atoms with Gasteiger partial charge in [-0.2, -0.15) is 0 Å². The predicted octanol–water partition coefficient (Wildman–Crippen LogP) is 2.50. The van der Waals surface area contributed by atoms with E-state index in [1.165, 1.54) is 18.2 Å². The summed E-state index contributed by atoms with van der Waals surface area (Å²) in [6, 6.07) is 5.69. The Hall–Kier alpha value is -2.80. The van der Waals surface area contributed by atoms with E-state index in [9.17, 15) is 14.0 Å². The summed E-state index contributed by atoms with van der Waals surface area (Å²) in [6.45, 7) is 2.05. The van der Waals surface area contributed by atoms with E-state index in [-0.39, 0.29) is 17.1 Å². The minimum atomic E-state index is -0.424. The molecule has 140 valence electrons. The molecule has 4 rings (SSSR count). The van der Waals surface area contributed by atoms with Crippen LogP contribution in [0.4, 0.5) is 4.39 Å². The van der Waals surface area contributed by atoms with Crippen LogP contribution in [0.5, 0.6) is 0 Å². The van der Waals surface area contributed by atoms with Crippen LogP contribution in [-0.2, 0) is 13.6 Å². The zero-order valence-corrected chi connectivity index (χ0v) is 15.1. The summed E-state index contributed by atoms with van der Waals surface area (Å²) in [5, 5.41) is 0.347. The van der Waals surface area contributed by atoms with Gasteiger partial charge in [-0.1, -0.05) is 0 Å². The van der Waals surface area contributed by atoms with Crippen LogP contribution >= 0.6 is 0 Å². The van der Waals surface area contributed by atoms with Crippen LogP contribution in [0.2, 0.25) is 0 Å². The molecule has 0 radical (unpaired) electrons. The van der Waals surface area contributed by atoms with Gasteiger partial charge in [0.1, 0.15) is 5.82 Å². The fraction of sp³-hybridized carbons (Fsp3) is 0.350. The van der Waals surface area contributed by atoms with Crippen LogP contribution in [0, 0.1) is 11.7 Å². The van der Waals surface area contributed by atoms with E-state index in [4.69, 9.17) is 0 Å². The van der Waals surface area contributed by atoms with Gasteiger partial charge in [0.15, 0.2) is 11.3 Å². The third kappa shape index (κ3) is 3.55. The molecule has 3 heterocycles. The van der Waals surface area contributed by atoms with E-state index in [1.54, 1.807) is 23.0 Å². The molecule has 1 aliphatic rings. The van der Waals surface area contributed by atoms with Crippen molar-refractivity contribution in [2.75, 3.05) is 13.1 Å². The molecule has 0 spiro atoms. The van der Waals surface area contributed by atoms with E-state index >= 15 is 0 Å². The molecule has 7 heteroatoms. The fourth-order valence-electron chi connectivity index (χ4n) is 3.80. The maximum atomic E-state index is 13.4. The molecule has 1 N–H and O–H groups in total. The third-order valence-corrected chi connectivity index (χ3v) is 5.16. The first-order valence-electron chi connectivity index (χ1n) is 9.06. The van der Waals surface area contributed by atoms with E-state index in [1.807, 2.05) is 7.05 Å². The van der Waals surface area contributed by atoms with E-state index < -0.39 is 5.82 Å². The first-order chi connectivity index (χ1) is 13.0. The third-order valence-electron chi connectivity index (χ3n) is 5.16. The highest BCUT2D eigenvalue weighted by atomic mass is 19.1. The molecule has 27 heavy (non-hydrogen) atoms. The van der Waals surface area contributed by atoms with Crippen LogP contribution in [0.25, 0.3) is 10.9 Å². The number of hydrogen-bond donors (Lipinski definition) is 1. The average molecular weight is 368 g/mol. The maximum absolute atomic E-state index is 13.4. The number of benzene rings is 1. The van der Waals surface area contributed by atoms with Crippen molar-refractivity contribution in [2.45, 2.75) is 19.4 Å². The smallest absolute Gasteiger partial charge is 0.202 e. The first-order valence-corrected chi connectivity index (χ1v) is 9.06. The molecule has 2 aromatic heterocycles. The van der Waals surface area contributed by atoms with Crippen LogP contribution in [-0.4, -0.2) is 38.3 Å². The second-order valence-corrected chi connectivity index (χ2v) is 7.15. The number of rotatable bonds is 4. The Bertz CT molecular complexity index is 1060. The minimum Gasteiger partial charge on any atom is -0.357 e. The highest BCUT2D eigenvalue weighted by molar-refractivity contribution is 5.95. The van der Waals surface area contributed by atoms with Gasteiger partial charge >= 0.3 is 0 Å². The fourth-order valence-corrected chi connectivity index (χ4v) is 3.80. The Morgan fingerprint density at radius 3 is 3.00 bits per heavy atom. The molecule has 3 aromatic rings. The van der Waals surface area contributed by atoms with Gasteiger partial charge in [0.05, 0.1) is 0 Å². The van der Waals surface area contributed by atoms with Gasteiger partial charge in [-0.15, -0.1) is 0 Å². The number of halogens is 1. The van der Waals surface area contributed by atoms with Crippen molar-refractivity contribution in [3.8, 4) is 0 Å². The summed E-state index contributed by atoms with van der Waals surface area (Å²) in [5.41, 5.74) is 1.19. The van der Waals surface area contributed by atoms with Gasteiger partial charge in [0, 0.05) is 61.1 Å². The number of nitrogens with one attached hydrogen (secondary N) is 1. The molecule has 1 aliphatic heterocycles. The summed E-state index contributed by atoms with van der Waals surface area (Å²) >= 11 is 0. The zero-order valence-electron chi connectivity index (χ0n) is 15.1. The molecule has 0 unspecified atom stereocenters. The van der Waals surface area contributed by atoms with E-state index in [0.29, 0.717) is 29.8 Å². The maximum Gasteiger partial charge on any atom is 0.202 e. The number of carbonyl (C=O) groups is 1. The zero-order chi connectivity index (χ0) is 19.0. The molecule has 1 saturated heterocycles. The summed E-state index contributed by atoms with van der Waals surface area (Å²) < 4.78 is 15.1. The summed E-state index contributed by atoms with van der Waals surface area (Å²) in [6.07, 6.45) is 5.17. The summed E-state index contributed by atoms with van der Waals surface area (Å²) in [7, 11) is 1.82. The minimum absolute atomic E-state index is 0.0645. The quantitative estimate of drug-likeness (QED) is 0.719. The molecule has 0 saturated carbocycles. The molecule has 1 atom stereocenters. The molecule has 1 fully saturated rings. The summed E-state index contributed by atoms with van der Waals surface area (Å²) in [4.78, 5) is 34.6. The lowest BCUT2D eigenvalue weighted by Gasteiger charge is -2.31. The van der Waals surface area contributed by atoms with E-state index in [2.05, 4.69) is 14.9 Å². The molecule has 6 nitrogen and oxygen atoms in total. The normalized spacial score (nSPS) is 18.1. The number of nitrogens with zero attached hydrogens (tertiary/aromatic N) is 3. The van der Waals surface area contributed by atoms with Crippen molar-refractivity contribution in [1.82, 2.24) is 19.4 Å². The highest BCUT2D eigenvalue weighted by Crippen LogP contribution is 2.22. The standard InChI is InChI=1S/C20H21FN4O2/c1-24-8-6-22-20(24)19(27)13-3-2-7-25(11-13)12-15-10-18(26)16-9-14(21)4-5-17(16)23-15/h4-6,8-10,13H,2-3,7,11-12H2,1H3,(H,23,26)/t13-/m1/s1. The topological polar surface area (TPSA) is 71.0 Å². The SMILES string of the molecule is Cn1ccnc1C(=O)[C@@H]1CCCN(Cc2cc(=O)c3cc(F)ccc3[nH]2)C1. The van der Waals surface area contributed by atoms with Gasteiger partial charge in [-0.3, -0.25) is 14.5 Å². The lowest BCUT2D eigenvalue weighted by molar-refractivity contribution is 0.0796. The lowest BCUT2D eigenvalue weighted by atomic mass is 9.93. The van der Waals surface area contributed by atoms with Crippen molar-refractivity contribution >= 4 is 16.7 Å². The number of H-pyrrole nitrogens is 1. The van der Waals surface area contributed by atoms with Crippen LogP contribution in [0.3, 0.4) is 0 Å². The number of aryl methyl sites for hydroxylation is 1. The first kappa shape index (κ1) is 17.6. The average Bonchev–Trinajstić information content (AvgIpc) is 3.08. The number of piperidine rings is 1. The molecule has 0 aliphatic carbocycles. The van der Waals surface area contributed by atoms with Crippen molar-refractivity contribution in [2.24, 2.45) is 13.0 Å². The van der Waals surface area contributed by atoms with Crippen molar-refractivity contribution in [3.05, 3.63) is 64.2 Å². The largest absolute Gasteiger partial charge is 0.357 e. The van der Waals surface area contributed by atoms with Crippen molar-refractivity contribution < 1.29 is 9.18 Å². The van der Waals surface area contributed by atoms with Crippen molar-refractivity contribution in [1.29, 1.82) is 0 Å². The number of aromatic nitrogens is 3. The summed E-state index contributed by atoms with van der Waals surface area (Å²) in [5.74, 6) is 0.0335. The Morgan fingerprint density at radius 2 is 2.22 bits per heavy atom. The monoisotopic (exact) mass is 368 g/mol.